The van der Waals surface area contributed by atoms with Gasteiger partial charge in [-0.3, -0.25) is 57.5 Å². The number of carbonyl (C=O) groups excluding carboxylic acids is 10. The van der Waals surface area contributed by atoms with E-state index in [0.717, 1.165) is 0 Å². The van der Waals surface area contributed by atoms with Crippen molar-refractivity contribution in [2.24, 2.45) is 23.1 Å². The summed E-state index contributed by atoms with van der Waals surface area (Å²) in [7, 11) is 0. The van der Waals surface area contributed by atoms with Crippen LogP contribution < -0.4 is 65.1 Å². The van der Waals surface area contributed by atoms with Crippen LogP contribution >= 0.6 is 0 Å². The highest BCUT2D eigenvalue weighted by Crippen LogP contribution is 2.10. The van der Waals surface area contributed by atoms with Crippen LogP contribution in [0, 0.1) is 5.92 Å². The fourth-order valence-electron chi connectivity index (χ4n) is 6.81. The molecule has 0 unspecified atom stereocenters. The van der Waals surface area contributed by atoms with Gasteiger partial charge in [0.2, 0.25) is 59.1 Å². The molecule has 9 atom stereocenters. The molecule has 0 bridgehead atoms. The van der Waals surface area contributed by atoms with Crippen molar-refractivity contribution in [3.05, 3.63) is 54.1 Å². The molecule has 28 nitrogen and oxygen atoms in total. The fraction of sp³-hybridized carbons (Fsp3) is 0.543. The number of aliphatic carboxylic acids is 2. The largest absolute Gasteiger partial charge is 0.481 e. The molecule has 0 spiro atoms. The van der Waals surface area contributed by atoms with E-state index in [4.69, 9.17) is 22.3 Å². The normalized spacial score (nSPS) is 14.5. The molecular weight excluding hydrogens is 973 g/mol. The van der Waals surface area contributed by atoms with E-state index in [2.05, 4.69) is 57.8 Å². The van der Waals surface area contributed by atoms with E-state index in [-0.39, 0.29) is 38.1 Å². The summed E-state index contributed by atoms with van der Waals surface area (Å²) in [5.74, 6) is -12.0. The Balaban J connectivity index is 2.19. The van der Waals surface area contributed by atoms with Crippen LogP contribution in [0.2, 0.25) is 0 Å². The first kappa shape index (κ1) is 62.1. The predicted molar refractivity (Wildman–Crippen MR) is 262 cm³/mol. The molecule has 0 fully saturated rings. The Morgan fingerprint density at radius 1 is 0.608 bits per heavy atom. The molecule has 0 radical (unpaired) electrons. The number of hydrogen-bond donors (Lipinski definition) is 15. The van der Waals surface area contributed by atoms with Crippen molar-refractivity contribution in [2.45, 2.75) is 134 Å². The maximum atomic E-state index is 13.8. The number of hydrogen-bond acceptors (Lipinski definition) is 15. The molecule has 28 heteroatoms. The number of benzene rings is 1. The van der Waals surface area contributed by atoms with Crippen LogP contribution in [0.5, 0.6) is 0 Å². The SMILES string of the molecule is CC[C@H](C)[C@H](N)C(=O)N[C@@H](CC(=O)O)C(=O)N[C@@H](Cc1ccccc1)C(=O)N[C@@H](C)C(=O)N[C@@H](C)C(=O)N[C@@H](CCCCN)C(=O)N[C@@H](CCC(N)=O)C(=O)NCC(=O)N[C@@H](Cc1cnc[nH]1)C(=O)NCC(=O)O. The van der Waals surface area contributed by atoms with Gasteiger partial charge >= 0.3 is 11.9 Å². The number of unbranched alkanes of at least 4 members (excludes halogenated alkanes) is 1. The Labute approximate surface area is 426 Å². The van der Waals surface area contributed by atoms with E-state index in [0.29, 0.717) is 30.5 Å². The number of imidazole rings is 1. The van der Waals surface area contributed by atoms with Crippen molar-refractivity contribution in [1.29, 1.82) is 0 Å². The summed E-state index contributed by atoms with van der Waals surface area (Å²) in [4.78, 5) is 161. The average molecular weight is 1040 g/mol. The number of carboxylic acid groups (broad SMARTS) is 2. The lowest BCUT2D eigenvalue weighted by Crippen LogP contribution is -2.59. The summed E-state index contributed by atoms with van der Waals surface area (Å²) in [6, 6.07) is -2.59. The third kappa shape index (κ3) is 23.0. The van der Waals surface area contributed by atoms with Gasteiger partial charge in [0.25, 0.3) is 0 Å². The second-order valence-electron chi connectivity index (χ2n) is 17.4. The van der Waals surface area contributed by atoms with Gasteiger partial charge in [-0.15, -0.1) is 0 Å². The van der Waals surface area contributed by atoms with Gasteiger partial charge in [0, 0.05) is 31.2 Å². The maximum absolute atomic E-state index is 13.8. The number of amides is 10. The molecule has 408 valence electrons. The van der Waals surface area contributed by atoms with Gasteiger partial charge < -0.3 is 80.2 Å². The Kier molecular flexibility index (Phi) is 27.0. The summed E-state index contributed by atoms with van der Waals surface area (Å²) in [6.07, 6.45) is 2.04. The lowest BCUT2D eigenvalue weighted by molar-refractivity contribution is -0.141. The molecule has 0 aliphatic heterocycles. The smallest absolute Gasteiger partial charge is 0.322 e. The van der Waals surface area contributed by atoms with Crippen molar-refractivity contribution in [3.63, 3.8) is 0 Å². The molecule has 74 heavy (non-hydrogen) atoms. The van der Waals surface area contributed by atoms with Crippen molar-refractivity contribution in [2.75, 3.05) is 19.6 Å². The number of aromatic nitrogens is 2. The third-order valence-electron chi connectivity index (χ3n) is 11.4. The highest BCUT2D eigenvalue weighted by molar-refractivity contribution is 5.98. The topological polar surface area (TPSA) is 460 Å². The Hall–Kier alpha value is -8.01. The summed E-state index contributed by atoms with van der Waals surface area (Å²) >= 11 is 0. The van der Waals surface area contributed by atoms with Gasteiger partial charge in [-0.25, -0.2) is 4.98 Å². The number of rotatable bonds is 34. The number of aromatic amines is 1. The van der Waals surface area contributed by atoms with Crippen LogP contribution in [-0.4, -0.2) is 159 Å². The highest BCUT2D eigenvalue weighted by atomic mass is 16.4. The van der Waals surface area contributed by atoms with Gasteiger partial charge in [-0.2, -0.15) is 0 Å². The van der Waals surface area contributed by atoms with E-state index in [1.807, 2.05) is 0 Å². The molecule has 1 heterocycles. The molecule has 2 rings (SSSR count). The average Bonchev–Trinajstić information content (AvgIpc) is 3.87. The Morgan fingerprint density at radius 2 is 1.14 bits per heavy atom. The zero-order valence-electron chi connectivity index (χ0n) is 41.7. The zero-order chi connectivity index (χ0) is 55.5. The van der Waals surface area contributed by atoms with Crippen LogP contribution in [0.4, 0.5) is 0 Å². The molecule has 0 aliphatic carbocycles. The molecule has 0 saturated carbocycles. The van der Waals surface area contributed by atoms with Crippen molar-refractivity contribution >= 4 is 71.0 Å². The number of H-pyrrole nitrogens is 1. The molecule has 18 N–H and O–H groups in total. The minimum Gasteiger partial charge on any atom is -0.481 e. The number of nitrogens with two attached hydrogens (primary N) is 3. The number of nitrogens with zero attached hydrogens (tertiary/aromatic N) is 1. The van der Waals surface area contributed by atoms with Crippen LogP contribution in [-0.2, 0) is 70.4 Å². The second kappa shape index (κ2) is 32.1. The van der Waals surface area contributed by atoms with Crippen LogP contribution in [0.3, 0.4) is 0 Å². The standard InChI is InChI=1S/C46H70N14O14/c1-5-24(2)38(49)46(74)60-33(19-36(63)64)45(73)59-31(17-27-11-7-6-8-12-27)44(72)55-25(3)39(67)54-26(4)40(68)57-29(13-9-10-16-47)43(71)58-30(14-15-34(48)61)41(69)51-21-35(62)56-32(18-28-20-50-23-53-28)42(70)52-22-37(65)66/h6-8,11-12,20,23-26,29-33,38H,5,9-10,13-19,21-22,47,49H2,1-4H3,(H2,48,61)(H,50,53)(H,51,69)(H,52,70)(H,54,67)(H,55,72)(H,56,62)(H,57,68)(H,58,71)(H,59,73)(H,60,74)(H,63,64)(H,65,66)/t24-,25-,26-,29-,30-,31-,32-,33-,38-/m0/s1. The molecule has 1 aromatic heterocycles. The number of primary amides is 1. The molecule has 2 aromatic rings. The quantitative estimate of drug-likeness (QED) is 0.0293. The number of carboxylic acids is 2. The first-order valence-corrected chi connectivity index (χ1v) is 23.8. The minimum atomic E-state index is -1.63. The van der Waals surface area contributed by atoms with E-state index in [1.54, 1.807) is 44.2 Å². The van der Waals surface area contributed by atoms with Crippen molar-refractivity contribution in [3.8, 4) is 0 Å². The third-order valence-corrected chi connectivity index (χ3v) is 11.4. The monoisotopic (exact) mass is 1040 g/mol. The van der Waals surface area contributed by atoms with Crippen LogP contribution in [0.15, 0.2) is 42.9 Å². The van der Waals surface area contributed by atoms with E-state index in [9.17, 15) is 62.6 Å². The first-order chi connectivity index (χ1) is 34.9. The highest BCUT2D eigenvalue weighted by Gasteiger charge is 2.34. The van der Waals surface area contributed by atoms with E-state index in [1.165, 1.54) is 26.4 Å². The molecule has 0 aliphatic rings. The Morgan fingerprint density at radius 3 is 1.72 bits per heavy atom. The van der Waals surface area contributed by atoms with E-state index < -0.39 is 145 Å². The van der Waals surface area contributed by atoms with Crippen molar-refractivity contribution < 1.29 is 67.7 Å². The minimum absolute atomic E-state index is 0.0215. The summed E-state index contributed by atoms with van der Waals surface area (Å²) in [5.41, 5.74) is 18.0. The lowest BCUT2D eigenvalue weighted by atomic mass is 9.98. The molecule has 1 aromatic carbocycles. The summed E-state index contributed by atoms with van der Waals surface area (Å²) < 4.78 is 0. The van der Waals surface area contributed by atoms with Gasteiger partial charge in [0.1, 0.15) is 48.8 Å². The number of nitrogens with one attached hydrogen (secondary N) is 10. The molecule has 0 saturated heterocycles. The van der Waals surface area contributed by atoms with Gasteiger partial charge in [0.05, 0.1) is 25.3 Å². The van der Waals surface area contributed by atoms with Gasteiger partial charge in [-0.05, 0) is 57.6 Å². The molecule has 10 amide bonds. The van der Waals surface area contributed by atoms with Crippen LogP contribution in [0.1, 0.15) is 83.9 Å². The van der Waals surface area contributed by atoms with Gasteiger partial charge in [0.15, 0.2) is 0 Å². The summed E-state index contributed by atoms with van der Waals surface area (Å²) in [6.45, 7) is 4.80. The fourth-order valence-corrected chi connectivity index (χ4v) is 6.81. The first-order valence-electron chi connectivity index (χ1n) is 23.8. The number of carbonyl (C=O) groups is 12. The van der Waals surface area contributed by atoms with Gasteiger partial charge in [-0.1, -0.05) is 50.6 Å². The Bertz CT molecular complexity index is 2250. The zero-order valence-corrected chi connectivity index (χ0v) is 41.7. The van der Waals surface area contributed by atoms with Crippen LogP contribution in [0.25, 0.3) is 0 Å². The lowest BCUT2D eigenvalue weighted by Gasteiger charge is -2.26. The van der Waals surface area contributed by atoms with E-state index >= 15 is 0 Å². The maximum Gasteiger partial charge on any atom is 0.322 e. The van der Waals surface area contributed by atoms with Crippen molar-refractivity contribution in [1.82, 2.24) is 57.8 Å². The second-order valence-corrected chi connectivity index (χ2v) is 17.4. The predicted octanol–water partition coefficient (Wildman–Crippen LogP) is -4.81. The molecular formula is C46H70N14O14. The summed E-state index contributed by atoms with van der Waals surface area (Å²) in [5, 5.41) is 40.1.